The van der Waals surface area contributed by atoms with Gasteiger partial charge in [0.15, 0.2) is 0 Å². The van der Waals surface area contributed by atoms with Gasteiger partial charge in [0.25, 0.3) is 0 Å². The van der Waals surface area contributed by atoms with Gasteiger partial charge < -0.3 is 10.2 Å². The van der Waals surface area contributed by atoms with Crippen molar-refractivity contribution in [2.45, 2.75) is 25.7 Å². The quantitative estimate of drug-likeness (QED) is 0.802. The number of nitrogens with zero attached hydrogens (tertiary/aromatic N) is 2. The molecule has 1 amide bonds. The molecule has 1 N–H and O–H groups in total. The second-order valence-corrected chi connectivity index (χ2v) is 6.20. The molecule has 0 aromatic rings. The third kappa shape index (κ3) is 5.76. The highest BCUT2D eigenvalue weighted by atomic mass is 35.5. The van der Waals surface area contributed by atoms with Crippen molar-refractivity contribution in [1.82, 2.24) is 15.1 Å². The summed E-state index contributed by atoms with van der Waals surface area (Å²) < 4.78 is 0. The first kappa shape index (κ1) is 18.0. The first-order valence-corrected chi connectivity index (χ1v) is 7.52. The lowest BCUT2D eigenvalue weighted by atomic mass is 10.2. The van der Waals surface area contributed by atoms with Gasteiger partial charge in [0.1, 0.15) is 0 Å². The summed E-state index contributed by atoms with van der Waals surface area (Å²) in [4.78, 5) is 16.5. The van der Waals surface area contributed by atoms with Crippen LogP contribution < -0.4 is 5.32 Å². The molecule has 2 saturated carbocycles. The number of hydrogen-bond acceptors (Lipinski definition) is 3. The smallest absolute Gasteiger partial charge is 0.236 e. The number of carbonyl (C=O) groups is 1. The zero-order chi connectivity index (χ0) is 12.4. The van der Waals surface area contributed by atoms with Gasteiger partial charge >= 0.3 is 0 Å². The van der Waals surface area contributed by atoms with Crippen LogP contribution in [0, 0.1) is 11.8 Å². The van der Waals surface area contributed by atoms with Crippen molar-refractivity contribution >= 4 is 30.7 Å². The normalized spacial score (nSPS) is 22.9. The van der Waals surface area contributed by atoms with Crippen LogP contribution in [-0.2, 0) is 4.79 Å². The third-order valence-electron chi connectivity index (χ3n) is 4.34. The van der Waals surface area contributed by atoms with E-state index in [1.54, 1.807) is 0 Å². The molecule has 0 radical (unpaired) electrons. The number of hydrogen-bond donors (Lipinski definition) is 1. The minimum absolute atomic E-state index is 0. The maximum Gasteiger partial charge on any atom is 0.236 e. The Balaban J connectivity index is 0.000001000. The van der Waals surface area contributed by atoms with Crippen LogP contribution in [0.15, 0.2) is 0 Å². The highest BCUT2D eigenvalue weighted by molar-refractivity contribution is 5.85. The van der Waals surface area contributed by atoms with E-state index in [1.807, 2.05) is 4.90 Å². The summed E-state index contributed by atoms with van der Waals surface area (Å²) in [5.74, 6) is 2.11. The minimum atomic E-state index is 0. The zero-order valence-electron chi connectivity index (χ0n) is 12.1. The van der Waals surface area contributed by atoms with Crippen molar-refractivity contribution in [2.75, 3.05) is 45.8 Å². The van der Waals surface area contributed by atoms with E-state index >= 15 is 0 Å². The Hall–Kier alpha value is -0.0300. The fourth-order valence-corrected chi connectivity index (χ4v) is 2.66. The van der Waals surface area contributed by atoms with Gasteiger partial charge in [-0.25, -0.2) is 0 Å². The molecule has 3 fully saturated rings. The molecule has 4 nitrogen and oxygen atoms in total. The number of carbonyl (C=O) groups excluding carboxylic acids is 1. The van der Waals surface area contributed by atoms with Crippen molar-refractivity contribution < 1.29 is 4.79 Å². The van der Waals surface area contributed by atoms with Crippen molar-refractivity contribution in [3.63, 3.8) is 0 Å². The Morgan fingerprint density at radius 2 is 1.55 bits per heavy atom. The fourth-order valence-electron chi connectivity index (χ4n) is 2.66. The molecule has 0 aromatic heterocycles. The van der Waals surface area contributed by atoms with Gasteiger partial charge in [-0.05, 0) is 44.1 Å². The van der Waals surface area contributed by atoms with E-state index < -0.39 is 0 Å². The number of piperazine rings is 1. The largest absolute Gasteiger partial charge is 0.339 e. The molecule has 20 heavy (non-hydrogen) atoms. The van der Waals surface area contributed by atoms with Crippen LogP contribution in [0.3, 0.4) is 0 Å². The van der Waals surface area contributed by atoms with Crippen LogP contribution >= 0.6 is 24.8 Å². The molecule has 0 spiro atoms. The maximum absolute atomic E-state index is 12.0. The maximum atomic E-state index is 12.0. The van der Waals surface area contributed by atoms with E-state index in [9.17, 15) is 4.79 Å². The van der Waals surface area contributed by atoms with Crippen LogP contribution in [0.25, 0.3) is 0 Å². The molecular weight excluding hydrogens is 297 g/mol. The Kier molecular flexibility index (Phi) is 7.59. The fraction of sp³-hybridized carbons (Fsp3) is 0.929. The number of amides is 1. The standard InChI is InChI=1S/C14H25N3O.2ClH/c18-14(10-15-9-12-1-2-12)17-7-5-16(6-8-17)11-13-3-4-13;;/h12-13,15H,1-11H2;2*1H. The molecule has 1 heterocycles. The Bertz CT molecular complexity index is 301. The summed E-state index contributed by atoms with van der Waals surface area (Å²) in [6.07, 6.45) is 5.54. The Labute approximate surface area is 134 Å². The average molecular weight is 324 g/mol. The summed E-state index contributed by atoms with van der Waals surface area (Å²) in [5, 5.41) is 3.29. The SMILES string of the molecule is Cl.Cl.O=C(CNCC1CC1)N1CCN(CC2CC2)CC1. The molecule has 6 heteroatoms. The van der Waals surface area contributed by atoms with E-state index in [2.05, 4.69) is 10.2 Å². The van der Waals surface area contributed by atoms with Crippen LogP contribution in [0.2, 0.25) is 0 Å². The van der Waals surface area contributed by atoms with Crippen molar-refractivity contribution in [2.24, 2.45) is 11.8 Å². The molecule has 118 valence electrons. The number of halogens is 2. The third-order valence-corrected chi connectivity index (χ3v) is 4.34. The molecule has 3 rings (SSSR count). The molecule has 0 bridgehead atoms. The van der Waals surface area contributed by atoms with Gasteiger partial charge in [-0.3, -0.25) is 9.69 Å². The van der Waals surface area contributed by atoms with E-state index in [4.69, 9.17) is 0 Å². The van der Waals surface area contributed by atoms with Crippen molar-refractivity contribution in [3.05, 3.63) is 0 Å². The van der Waals surface area contributed by atoms with Crippen molar-refractivity contribution in [3.8, 4) is 0 Å². The molecule has 3 aliphatic rings. The average Bonchev–Trinajstić information content (AvgIpc) is 3.24. The second kappa shape index (κ2) is 8.42. The highest BCUT2D eigenvalue weighted by Gasteiger charge is 2.27. The summed E-state index contributed by atoms with van der Waals surface area (Å²) in [6, 6.07) is 0. The van der Waals surface area contributed by atoms with E-state index in [-0.39, 0.29) is 24.8 Å². The van der Waals surface area contributed by atoms with Crippen LogP contribution in [0.1, 0.15) is 25.7 Å². The highest BCUT2D eigenvalue weighted by Crippen LogP contribution is 2.30. The van der Waals surface area contributed by atoms with Crippen LogP contribution in [-0.4, -0.2) is 61.5 Å². The topological polar surface area (TPSA) is 35.6 Å². The lowest BCUT2D eigenvalue weighted by Crippen LogP contribution is -2.51. The molecule has 0 unspecified atom stereocenters. The summed E-state index contributed by atoms with van der Waals surface area (Å²) in [7, 11) is 0. The van der Waals surface area contributed by atoms with E-state index in [1.165, 1.54) is 32.2 Å². The second-order valence-electron chi connectivity index (χ2n) is 6.20. The summed E-state index contributed by atoms with van der Waals surface area (Å²) >= 11 is 0. The van der Waals surface area contributed by atoms with Gasteiger partial charge in [-0.1, -0.05) is 0 Å². The lowest BCUT2D eigenvalue weighted by Gasteiger charge is -2.34. The van der Waals surface area contributed by atoms with E-state index in [0.717, 1.165) is 44.6 Å². The predicted molar refractivity (Wildman–Crippen MR) is 85.8 cm³/mol. The van der Waals surface area contributed by atoms with Gasteiger partial charge in [0.2, 0.25) is 5.91 Å². The molecule has 1 aliphatic heterocycles. The molecule has 0 atom stereocenters. The molecule has 0 aromatic carbocycles. The first-order chi connectivity index (χ1) is 8.81. The number of nitrogens with one attached hydrogen (secondary N) is 1. The summed E-state index contributed by atoms with van der Waals surface area (Å²) in [5.41, 5.74) is 0. The van der Waals surface area contributed by atoms with Gasteiger partial charge in [0, 0.05) is 32.7 Å². The predicted octanol–water partition coefficient (Wildman–Crippen LogP) is 1.38. The monoisotopic (exact) mass is 323 g/mol. The minimum Gasteiger partial charge on any atom is -0.339 e. The molecular formula is C14H27Cl2N3O. The van der Waals surface area contributed by atoms with Crippen LogP contribution in [0.4, 0.5) is 0 Å². The Morgan fingerprint density at radius 1 is 0.950 bits per heavy atom. The first-order valence-electron chi connectivity index (χ1n) is 7.52. The number of rotatable bonds is 6. The van der Waals surface area contributed by atoms with Gasteiger partial charge in [0.05, 0.1) is 6.54 Å². The summed E-state index contributed by atoms with van der Waals surface area (Å²) in [6.45, 7) is 6.84. The molecule has 1 saturated heterocycles. The zero-order valence-corrected chi connectivity index (χ0v) is 13.7. The van der Waals surface area contributed by atoms with Gasteiger partial charge in [-0.15, -0.1) is 24.8 Å². The van der Waals surface area contributed by atoms with Gasteiger partial charge in [-0.2, -0.15) is 0 Å². The van der Waals surface area contributed by atoms with E-state index in [0.29, 0.717) is 12.5 Å². The van der Waals surface area contributed by atoms with Crippen molar-refractivity contribution in [1.29, 1.82) is 0 Å². The molecule has 2 aliphatic carbocycles. The van der Waals surface area contributed by atoms with Crippen LogP contribution in [0.5, 0.6) is 0 Å². The Morgan fingerprint density at radius 3 is 2.10 bits per heavy atom. The lowest BCUT2D eigenvalue weighted by molar-refractivity contribution is -0.132.